The van der Waals surface area contributed by atoms with Gasteiger partial charge in [0.15, 0.2) is 0 Å². The van der Waals surface area contributed by atoms with E-state index in [0.29, 0.717) is 6.54 Å². The lowest BCUT2D eigenvalue weighted by Crippen LogP contribution is -2.50. The molecule has 2 aliphatic heterocycles. The fraction of sp³-hybridized carbons (Fsp3) is 0.526. The molecule has 2 N–H and O–H groups in total. The summed E-state index contributed by atoms with van der Waals surface area (Å²) in [7, 11) is 1.72. The topological polar surface area (TPSA) is 60.6 Å². The summed E-state index contributed by atoms with van der Waals surface area (Å²) in [5.41, 5.74) is 3.67. The van der Waals surface area contributed by atoms with E-state index in [1.165, 1.54) is 10.9 Å². The number of rotatable bonds is 3. The zero-order valence-corrected chi connectivity index (χ0v) is 14.9. The van der Waals surface area contributed by atoms with Crippen molar-refractivity contribution in [2.24, 2.45) is 0 Å². The molecule has 1 aromatic heterocycles. The second kappa shape index (κ2) is 6.69. The summed E-state index contributed by atoms with van der Waals surface area (Å²) in [5.74, 6) is 0. The molecule has 0 aliphatic carbocycles. The highest BCUT2D eigenvalue weighted by Crippen LogP contribution is 2.27. The first-order valence-corrected chi connectivity index (χ1v) is 9.08. The summed E-state index contributed by atoms with van der Waals surface area (Å²) in [4.78, 5) is 20.5. The molecule has 1 saturated heterocycles. The second-order valence-corrected chi connectivity index (χ2v) is 6.98. The molecular weight excluding hydrogens is 316 g/mol. The molecule has 2 atom stereocenters. The van der Waals surface area contributed by atoms with Crippen LogP contribution in [0.4, 0.5) is 4.79 Å². The van der Waals surface area contributed by atoms with E-state index in [2.05, 4.69) is 40.3 Å². The average Bonchev–Trinajstić information content (AvgIpc) is 3.21. The van der Waals surface area contributed by atoms with Gasteiger partial charge in [-0.3, -0.25) is 4.90 Å². The summed E-state index contributed by atoms with van der Waals surface area (Å²) < 4.78 is 5.56. The number of aromatic nitrogens is 1. The van der Waals surface area contributed by atoms with Crippen LogP contribution in [0.5, 0.6) is 0 Å². The van der Waals surface area contributed by atoms with Crippen LogP contribution in [0.15, 0.2) is 24.3 Å². The van der Waals surface area contributed by atoms with Gasteiger partial charge in [0.05, 0.1) is 18.7 Å². The van der Waals surface area contributed by atoms with Crippen molar-refractivity contribution >= 4 is 16.9 Å². The molecule has 1 fully saturated rings. The monoisotopic (exact) mass is 342 g/mol. The third-order valence-corrected chi connectivity index (χ3v) is 5.57. The first kappa shape index (κ1) is 16.4. The fourth-order valence-electron chi connectivity index (χ4n) is 4.10. The molecule has 2 aliphatic rings. The van der Waals surface area contributed by atoms with E-state index in [4.69, 9.17) is 4.74 Å². The minimum atomic E-state index is 0.00862. The van der Waals surface area contributed by atoms with Crippen molar-refractivity contribution in [3.63, 3.8) is 0 Å². The first-order chi connectivity index (χ1) is 12.2. The zero-order valence-electron chi connectivity index (χ0n) is 14.9. The van der Waals surface area contributed by atoms with Gasteiger partial charge in [-0.1, -0.05) is 25.1 Å². The molecule has 0 radical (unpaired) electrons. The van der Waals surface area contributed by atoms with Gasteiger partial charge in [-0.05, 0) is 24.6 Å². The number of hydrogen-bond acceptors (Lipinski definition) is 3. The Morgan fingerprint density at radius 2 is 2.20 bits per heavy atom. The lowest BCUT2D eigenvalue weighted by Gasteiger charge is -2.29. The number of fused-ring (bicyclic) bond motifs is 3. The van der Waals surface area contributed by atoms with Crippen LogP contribution < -0.4 is 5.32 Å². The Kier molecular flexibility index (Phi) is 4.39. The number of amides is 2. The van der Waals surface area contributed by atoms with Crippen molar-refractivity contribution in [2.75, 3.05) is 33.3 Å². The highest BCUT2D eigenvalue weighted by Gasteiger charge is 2.34. The van der Waals surface area contributed by atoms with Crippen LogP contribution in [0, 0.1) is 0 Å². The Labute approximate surface area is 148 Å². The van der Waals surface area contributed by atoms with Gasteiger partial charge in [0.2, 0.25) is 0 Å². The Hall–Kier alpha value is -2.05. The van der Waals surface area contributed by atoms with Gasteiger partial charge < -0.3 is 19.9 Å². The highest BCUT2D eigenvalue weighted by atomic mass is 16.5. The van der Waals surface area contributed by atoms with E-state index >= 15 is 0 Å². The van der Waals surface area contributed by atoms with Crippen molar-refractivity contribution in [3.05, 3.63) is 35.5 Å². The van der Waals surface area contributed by atoms with E-state index in [1.54, 1.807) is 7.11 Å². The molecule has 6 heteroatoms. The van der Waals surface area contributed by atoms with Crippen molar-refractivity contribution in [1.82, 2.24) is 20.1 Å². The molecule has 2 aromatic rings. The number of likely N-dealkylation sites (tertiary alicyclic amines) is 1. The van der Waals surface area contributed by atoms with Crippen LogP contribution in [0.3, 0.4) is 0 Å². The quantitative estimate of drug-likeness (QED) is 0.896. The SMILES string of the molecule is CCN1C[C@H](NC(=O)N2CCc3c([nH]c4ccccc34)C2)[C@@H](OC)C1. The van der Waals surface area contributed by atoms with Crippen LogP contribution in [0.1, 0.15) is 18.2 Å². The maximum absolute atomic E-state index is 12.8. The van der Waals surface area contributed by atoms with Crippen molar-refractivity contribution in [3.8, 4) is 0 Å². The molecule has 3 heterocycles. The minimum absolute atomic E-state index is 0.00862. The van der Waals surface area contributed by atoms with Crippen molar-refractivity contribution in [2.45, 2.75) is 32.0 Å². The van der Waals surface area contributed by atoms with Crippen LogP contribution in [-0.2, 0) is 17.7 Å². The highest BCUT2D eigenvalue weighted by molar-refractivity contribution is 5.85. The fourth-order valence-corrected chi connectivity index (χ4v) is 4.10. The van der Waals surface area contributed by atoms with Gasteiger partial charge in [-0.25, -0.2) is 4.79 Å². The van der Waals surface area contributed by atoms with Gasteiger partial charge in [0.25, 0.3) is 0 Å². The molecule has 0 spiro atoms. The van der Waals surface area contributed by atoms with Crippen molar-refractivity contribution < 1.29 is 9.53 Å². The van der Waals surface area contributed by atoms with Gasteiger partial charge in [0, 0.05) is 43.3 Å². The van der Waals surface area contributed by atoms with E-state index < -0.39 is 0 Å². The molecule has 6 nitrogen and oxygen atoms in total. The normalized spacial score (nSPS) is 23.8. The van der Waals surface area contributed by atoms with Crippen LogP contribution in [-0.4, -0.2) is 66.2 Å². The Morgan fingerprint density at radius 3 is 3.00 bits per heavy atom. The van der Waals surface area contributed by atoms with E-state index in [0.717, 1.165) is 43.8 Å². The van der Waals surface area contributed by atoms with Gasteiger partial charge >= 0.3 is 6.03 Å². The molecule has 1 aromatic carbocycles. The molecule has 4 rings (SSSR count). The molecule has 2 amide bonds. The largest absolute Gasteiger partial charge is 0.378 e. The van der Waals surface area contributed by atoms with Crippen LogP contribution in [0.25, 0.3) is 10.9 Å². The molecule has 25 heavy (non-hydrogen) atoms. The predicted molar refractivity (Wildman–Crippen MR) is 97.6 cm³/mol. The Balaban J connectivity index is 1.45. The number of para-hydroxylation sites is 1. The Bertz CT molecular complexity index is 772. The molecule has 0 saturated carbocycles. The molecule has 0 bridgehead atoms. The number of H-pyrrole nitrogens is 1. The van der Waals surface area contributed by atoms with Gasteiger partial charge in [0.1, 0.15) is 0 Å². The lowest BCUT2D eigenvalue weighted by molar-refractivity contribution is 0.0893. The number of nitrogens with one attached hydrogen (secondary N) is 2. The molecule has 0 unspecified atom stereocenters. The number of urea groups is 1. The number of carbonyl (C=O) groups excluding carboxylic acids is 1. The van der Waals surface area contributed by atoms with E-state index in [-0.39, 0.29) is 18.2 Å². The summed E-state index contributed by atoms with van der Waals surface area (Å²) in [6.07, 6.45) is 0.962. The lowest BCUT2D eigenvalue weighted by atomic mass is 10.0. The molecule has 134 valence electrons. The number of carbonyl (C=O) groups is 1. The number of ether oxygens (including phenoxy) is 1. The van der Waals surface area contributed by atoms with Gasteiger partial charge in [-0.2, -0.15) is 0 Å². The minimum Gasteiger partial charge on any atom is -0.378 e. The van der Waals surface area contributed by atoms with Crippen LogP contribution >= 0.6 is 0 Å². The first-order valence-electron chi connectivity index (χ1n) is 9.08. The smallest absolute Gasteiger partial charge is 0.318 e. The number of aromatic amines is 1. The number of benzene rings is 1. The number of nitrogens with zero attached hydrogens (tertiary/aromatic N) is 2. The third kappa shape index (κ3) is 3.00. The van der Waals surface area contributed by atoms with E-state index in [1.807, 2.05) is 11.0 Å². The average molecular weight is 342 g/mol. The van der Waals surface area contributed by atoms with E-state index in [9.17, 15) is 4.79 Å². The maximum atomic E-state index is 12.8. The Morgan fingerprint density at radius 1 is 1.36 bits per heavy atom. The zero-order chi connectivity index (χ0) is 17.4. The van der Waals surface area contributed by atoms with Crippen molar-refractivity contribution in [1.29, 1.82) is 0 Å². The number of likely N-dealkylation sites (N-methyl/N-ethyl adjacent to an activating group) is 1. The molecular formula is C19H26N4O2. The summed E-state index contributed by atoms with van der Waals surface area (Å²) in [5, 5.41) is 4.47. The summed E-state index contributed by atoms with van der Waals surface area (Å²) in [6.45, 7) is 6.24. The predicted octanol–water partition coefficient (Wildman–Crippen LogP) is 1.95. The van der Waals surface area contributed by atoms with Crippen LogP contribution in [0.2, 0.25) is 0 Å². The number of methoxy groups -OCH3 is 1. The standard InChI is InChI=1S/C19H26N4O2/c1-3-22-10-17(18(12-22)25-2)21-19(24)23-9-8-14-13-6-4-5-7-15(13)20-16(14)11-23/h4-7,17-18,20H,3,8-12H2,1-2H3,(H,21,24)/t17-,18-/m0/s1. The third-order valence-electron chi connectivity index (χ3n) is 5.57. The summed E-state index contributed by atoms with van der Waals surface area (Å²) >= 11 is 0. The van der Waals surface area contributed by atoms with Gasteiger partial charge in [-0.15, -0.1) is 0 Å². The maximum Gasteiger partial charge on any atom is 0.318 e. The second-order valence-electron chi connectivity index (χ2n) is 6.98. The number of hydrogen-bond donors (Lipinski definition) is 2. The summed E-state index contributed by atoms with van der Waals surface area (Å²) in [6, 6.07) is 8.43.